The van der Waals surface area contributed by atoms with Crippen molar-refractivity contribution in [1.82, 2.24) is 0 Å². The van der Waals surface area contributed by atoms with Crippen molar-refractivity contribution >= 4 is 29.2 Å². The maximum atomic E-state index is 12.7. The zero-order valence-electron chi connectivity index (χ0n) is 15.1. The van der Waals surface area contributed by atoms with Crippen molar-refractivity contribution in [1.29, 1.82) is 0 Å². The summed E-state index contributed by atoms with van der Waals surface area (Å²) in [6.07, 6.45) is 3.27. The summed E-state index contributed by atoms with van der Waals surface area (Å²) in [5, 5.41) is 12.0. The first kappa shape index (κ1) is 18.6. The van der Waals surface area contributed by atoms with Gasteiger partial charge in [0, 0.05) is 5.69 Å². The minimum Gasteiger partial charge on any atom is -0.478 e. The predicted molar refractivity (Wildman–Crippen MR) is 103 cm³/mol. The normalized spacial score (nSPS) is 16.6. The number of carboxylic acids is 1. The zero-order valence-corrected chi connectivity index (χ0v) is 15.1. The highest BCUT2D eigenvalue weighted by molar-refractivity contribution is 6.23. The molecule has 1 aliphatic rings. The summed E-state index contributed by atoms with van der Waals surface area (Å²) in [7, 11) is 0. The van der Waals surface area contributed by atoms with Gasteiger partial charge in [0.15, 0.2) is 0 Å². The molecule has 0 bridgehead atoms. The standard InChI is InChI=1S/C21H22N2O4/c1-2-3-4-14-5-11-17(12-6-14)23-19(24)13-18(20(23)25)22-16-9-7-15(8-10-16)21(26)27/h5-12,18,22H,2-4,13H2,1H3,(H,26,27). The molecule has 6 heteroatoms. The van der Waals surface area contributed by atoms with E-state index in [0.717, 1.165) is 19.3 Å². The molecule has 27 heavy (non-hydrogen) atoms. The SMILES string of the molecule is CCCCc1ccc(N2C(=O)CC(Nc3ccc(C(=O)O)cc3)C2=O)cc1. The maximum absolute atomic E-state index is 12.7. The number of unbranched alkanes of at least 4 members (excludes halogenated alkanes) is 1. The number of hydrogen-bond donors (Lipinski definition) is 2. The van der Waals surface area contributed by atoms with E-state index in [1.54, 1.807) is 12.1 Å². The van der Waals surface area contributed by atoms with E-state index in [0.29, 0.717) is 11.4 Å². The van der Waals surface area contributed by atoms with Gasteiger partial charge in [0.1, 0.15) is 6.04 Å². The number of amides is 2. The first-order valence-electron chi connectivity index (χ1n) is 9.05. The molecule has 2 N–H and O–H groups in total. The van der Waals surface area contributed by atoms with E-state index >= 15 is 0 Å². The highest BCUT2D eigenvalue weighted by Gasteiger charge is 2.39. The van der Waals surface area contributed by atoms with E-state index < -0.39 is 12.0 Å². The van der Waals surface area contributed by atoms with Gasteiger partial charge in [0.05, 0.1) is 17.7 Å². The van der Waals surface area contributed by atoms with Crippen molar-refractivity contribution in [2.75, 3.05) is 10.2 Å². The molecule has 0 radical (unpaired) electrons. The lowest BCUT2D eigenvalue weighted by Crippen LogP contribution is -2.34. The Bertz CT molecular complexity index is 843. The monoisotopic (exact) mass is 366 g/mol. The number of anilines is 2. The first-order chi connectivity index (χ1) is 13.0. The van der Waals surface area contributed by atoms with Crippen molar-refractivity contribution in [2.24, 2.45) is 0 Å². The molecule has 0 aliphatic carbocycles. The van der Waals surface area contributed by atoms with Crippen LogP contribution in [0, 0.1) is 0 Å². The van der Waals surface area contributed by atoms with E-state index in [4.69, 9.17) is 5.11 Å². The molecule has 1 atom stereocenters. The smallest absolute Gasteiger partial charge is 0.335 e. The summed E-state index contributed by atoms with van der Waals surface area (Å²) in [5.74, 6) is -1.56. The largest absolute Gasteiger partial charge is 0.478 e. The molecule has 1 aliphatic heterocycles. The molecular formula is C21H22N2O4. The second-order valence-corrected chi connectivity index (χ2v) is 6.62. The molecule has 1 unspecified atom stereocenters. The average molecular weight is 366 g/mol. The van der Waals surface area contributed by atoms with E-state index in [-0.39, 0.29) is 23.8 Å². The third-order valence-corrected chi connectivity index (χ3v) is 4.63. The average Bonchev–Trinajstić information content (AvgIpc) is 2.94. The molecule has 6 nitrogen and oxygen atoms in total. The quantitative estimate of drug-likeness (QED) is 0.733. The van der Waals surface area contributed by atoms with E-state index in [1.165, 1.54) is 22.6 Å². The van der Waals surface area contributed by atoms with E-state index in [1.807, 2.05) is 24.3 Å². The summed E-state index contributed by atoms with van der Waals surface area (Å²) in [5.41, 5.74) is 2.53. The zero-order chi connectivity index (χ0) is 19.4. The van der Waals surface area contributed by atoms with Crippen LogP contribution in [0.1, 0.15) is 42.1 Å². The molecule has 140 valence electrons. The lowest BCUT2D eigenvalue weighted by Gasteiger charge is -2.16. The van der Waals surface area contributed by atoms with Crippen molar-refractivity contribution < 1.29 is 19.5 Å². The van der Waals surface area contributed by atoms with Gasteiger partial charge in [0.2, 0.25) is 5.91 Å². The molecule has 2 aromatic carbocycles. The van der Waals surface area contributed by atoms with Crippen molar-refractivity contribution in [3.8, 4) is 0 Å². The second kappa shape index (κ2) is 8.03. The number of aromatic carboxylic acids is 1. The Morgan fingerprint density at radius 3 is 2.37 bits per heavy atom. The summed E-state index contributed by atoms with van der Waals surface area (Å²) in [4.78, 5) is 37.2. The summed E-state index contributed by atoms with van der Waals surface area (Å²) < 4.78 is 0. The van der Waals surface area contributed by atoms with Crippen LogP contribution in [0.3, 0.4) is 0 Å². The Hall–Kier alpha value is -3.15. The fourth-order valence-corrected chi connectivity index (χ4v) is 3.12. The van der Waals surface area contributed by atoms with Gasteiger partial charge >= 0.3 is 5.97 Å². The van der Waals surface area contributed by atoms with Crippen LogP contribution in [0.2, 0.25) is 0 Å². The first-order valence-corrected chi connectivity index (χ1v) is 9.05. The number of carbonyl (C=O) groups excluding carboxylic acids is 2. The fraction of sp³-hybridized carbons (Fsp3) is 0.286. The van der Waals surface area contributed by atoms with Crippen LogP contribution in [0.15, 0.2) is 48.5 Å². The van der Waals surface area contributed by atoms with Crippen LogP contribution < -0.4 is 10.2 Å². The van der Waals surface area contributed by atoms with Gasteiger partial charge in [-0.05, 0) is 54.8 Å². The van der Waals surface area contributed by atoms with Crippen molar-refractivity contribution in [3.63, 3.8) is 0 Å². The number of rotatable bonds is 7. The number of hydrogen-bond acceptors (Lipinski definition) is 4. The number of carbonyl (C=O) groups is 3. The molecule has 0 saturated carbocycles. The Morgan fingerprint density at radius 2 is 1.78 bits per heavy atom. The lowest BCUT2D eigenvalue weighted by atomic mass is 10.1. The molecule has 2 aromatic rings. The van der Waals surface area contributed by atoms with Gasteiger partial charge in [-0.1, -0.05) is 25.5 Å². The fourth-order valence-electron chi connectivity index (χ4n) is 3.12. The van der Waals surface area contributed by atoms with Crippen LogP contribution in [0.4, 0.5) is 11.4 Å². The van der Waals surface area contributed by atoms with Crippen LogP contribution in [0.5, 0.6) is 0 Å². The highest BCUT2D eigenvalue weighted by Crippen LogP contribution is 2.25. The van der Waals surface area contributed by atoms with Crippen LogP contribution in [-0.2, 0) is 16.0 Å². The van der Waals surface area contributed by atoms with Crippen LogP contribution in [-0.4, -0.2) is 28.9 Å². The minimum atomic E-state index is -1.01. The topological polar surface area (TPSA) is 86.7 Å². The Kier molecular flexibility index (Phi) is 5.54. The molecule has 0 aromatic heterocycles. The van der Waals surface area contributed by atoms with Gasteiger partial charge in [-0.15, -0.1) is 0 Å². The van der Waals surface area contributed by atoms with Gasteiger partial charge in [-0.25, -0.2) is 9.69 Å². The van der Waals surface area contributed by atoms with Crippen molar-refractivity contribution in [2.45, 2.75) is 38.6 Å². The summed E-state index contributed by atoms with van der Waals surface area (Å²) in [6.45, 7) is 2.14. The van der Waals surface area contributed by atoms with Gasteiger partial charge in [0.25, 0.3) is 5.91 Å². The number of imide groups is 1. The number of nitrogens with one attached hydrogen (secondary N) is 1. The third kappa shape index (κ3) is 4.16. The second-order valence-electron chi connectivity index (χ2n) is 6.62. The predicted octanol–water partition coefficient (Wildman–Crippen LogP) is 3.47. The molecule has 1 heterocycles. The summed E-state index contributed by atoms with van der Waals surface area (Å²) in [6, 6.07) is 13.0. The number of nitrogens with zero attached hydrogens (tertiary/aromatic N) is 1. The number of carboxylic acid groups (broad SMARTS) is 1. The van der Waals surface area contributed by atoms with Crippen molar-refractivity contribution in [3.05, 3.63) is 59.7 Å². The summed E-state index contributed by atoms with van der Waals surface area (Å²) >= 11 is 0. The lowest BCUT2D eigenvalue weighted by molar-refractivity contribution is -0.121. The molecule has 1 fully saturated rings. The van der Waals surface area contributed by atoms with Crippen LogP contribution in [0.25, 0.3) is 0 Å². The Labute approximate surface area is 157 Å². The molecule has 1 saturated heterocycles. The minimum absolute atomic E-state index is 0.0666. The Balaban J connectivity index is 1.70. The maximum Gasteiger partial charge on any atom is 0.335 e. The van der Waals surface area contributed by atoms with Gasteiger partial charge in [-0.3, -0.25) is 9.59 Å². The van der Waals surface area contributed by atoms with Gasteiger partial charge in [-0.2, -0.15) is 0 Å². The van der Waals surface area contributed by atoms with E-state index in [2.05, 4.69) is 12.2 Å². The molecule has 3 rings (SSSR count). The molecule has 2 amide bonds. The number of benzene rings is 2. The Morgan fingerprint density at radius 1 is 1.11 bits per heavy atom. The van der Waals surface area contributed by atoms with Gasteiger partial charge < -0.3 is 10.4 Å². The van der Waals surface area contributed by atoms with Crippen LogP contribution >= 0.6 is 0 Å². The molecular weight excluding hydrogens is 344 g/mol. The third-order valence-electron chi connectivity index (χ3n) is 4.63. The highest BCUT2D eigenvalue weighted by atomic mass is 16.4. The molecule has 0 spiro atoms. The van der Waals surface area contributed by atoms with E-state index in [9.17, 15) is 14.4 Å². The number of aryl methyl sites for hydroxylation is 1.